The molecule has 0 bridgehead atoms. The maximum Gasteiger partial charge on any atom is 0.416 e. The Kier molecular flexibility index (Phi) is 3.38. The number of halogens is 3. The van der Waals surface area contributed by atoms with Gasteiger partial charge in [-0.05, 0) is 24.7 Å². The molecule has 0 aliphatic heterocycles. The molecular formula is C11H10F3N. The van der Waals surface area contributed by atoms with E-state index in [2.05, 4.69) is 11.2 Å². The van der Waals surface area contributed by atoms with E-state index in [0.717, 1.165) is 12.1 Å². The van der Waals surface area contributed by atoms with Crippen LogP contribution in [0.15, 0.2) is 24.3 Å². The summed E-state index contributed by atoms with van der Waals surface area (Å²) in [6, 6.07) is 4.50. The van der Waals surface area contributed by atoms with Gasteiger partial charge in [0.25, 0.3) is 0 Å². The summed E-state index contributed by atoms with van der Waals surface area (Å²) in [7, 11) is 1.60. The van der Waals surface area contributed by atoms with Crippen molar-refractivity contribution in [3.8, 4) is 12.3 Å². The van der Waals surface area contributed by atoms with E-state index < -0.39 is 17.8 Å². The second-order valence-corrected chi connectivity index (χ2v) is 3.01. The van der Waals surface area contributed by atoms with Crippen LogP contribution < -0.4 is 5.32 Å². The molecule has 1 nitrogen and oxygen atoms in total. The van der Waals surface area contributed by atoms with Crippen LogP contribution in [0.25, 0.3) is 0 Å². The number of hydrogen-bond donors (Lipinski definition) is 1. The minimum absolute atomic E-state index is 0.440. The lowest BCUT2D eigenvalue weighted by Gasteiger charge is -2.12. The lowest BCUT2D eigenvalue weighted by molar-refractivity contribution is -0.137. The number of benzene rings is 1. The van der Waals surface area contributed by atoms with Gasteiger partial charge in [0, 0.05) is 0 Å². The molecule has 0 aliphatic carbocycles. The van der Waals surface area contributed by atoms with Crippen molar-refractivity contribution in [2.75, 3.05) is 7.05 Å². The summed E-state index contributed by atoms with van der Waals surface area (Å²) >= 11 is 0. The van der Waals surface area contributed by atoms with Crippen LogP contribution in [-0.4, -0.2) is 7.05 Å². The van der Waals surface area contributed by atoms with Gasteiger partial charge >= 0.3 is 6.18 Å². The third-order valence-corrected chi connectivity index (χ3v) is 2.00. The normalized spacial score (nSPS) is 13.3. The summed E-state index contributed by atoms with van der Waals surface area (Å²) in [5.74, 6) is 2.37. The highest BCUT2D eigenvalue weighted by Gasteiger charge is 2.30. The fourth-order valence-corrected chi connectivity index (χ4v) is 1.24. The fourth-order valence-electron chi connectivity index (χ4n) is 1.24. The lowest BCUT2D eigenvalue weighted by atomic mass is 10.0. The van der Waals surface area contributed by atoms with Crippen LogP contribution in [0.4, 0.5) is 13.2 Å². The molecule has 1 atom stereocenters. The van der Waals surface area contributed by atoms with Crippen LogP contribution in [0.5, 0.6) is 0 Å². The summed E-state index contributed by atoms with van der Waals surface area (Å²) in [6.45, 7) is 0. The first kappa shape index (κ1) is 11.6. The second-order valence-electron chi connectivity index (χ2n) is 3.01. The molecule has 1 unspecified atom stereocenters. The van der Waals surface area contributed by atoms with Crippen molar-refractivity contribution >= 4 is 0 Å². The highest BCUT2D eigenvalue weighted by atomic mass is 19.4. The van der Waals surface area contributed by atoms with Crippen molar-refractivity contribution in [1.82, 2.24) is 5.32 Å². The maximum atomic E-state index is 12.4. The summed E-state index contributed by atoms with van der Waals surface area (Å²) < 4.78 is 37.1. The molecule has 0 amide bonds. The molecule has 1 N–H and O–H groups in total. The first-order valence-corrected chi connectivity index (χ1v) is 4.29. The van der Waals surface area contributed by atoms with Crippen molar-refractivity contribution in [1.29, 1.82) is 0 Å². The van der Waals surface area contributed by atoms with Crippen LogP contribution in [-0.2, 0) is 6.18 Å². The van der Waals surface area contributed by atoms with Crippen LogP contribution in [0, 0.1) is 12.3 Å². The highest BCUT2D eigenvalue weighted by molar-refractivity contribution is 5.31. The molecule has 0 aromatic heterocycles. The Morgan fingerprint density at radius 3 is 2.53 bits per heavy atom. The highest BCUT2D eigenvalue weighted by Crippen LogP contribution is 2.30. The Bertz CT molecular complexity index is 376. The molecule has 15 heavy (non-hydrogen) atoms. The molecule has 1 aromatic carbocycles. The maximum absolute atomic E-state index is 12.4. The Morgan fingerprint density at radius 2 is 2.07 bits per heavy atom. The first-order valence-electron chi connectivity index (χ1n) is 4.29. The van der Waals surface area contributed by atoms with Crippen molar-refractivity contribution in [3.05, 3.63) is 35.4 Å². The molecule has 0 aliphatic rings. The molecule has 0 saturated carbocycles. The smallest absolute Gasteiger partial charge is 0.303 e. The molecular weight excluding hydrogens is 203 g/mol. The number of hydrogen-bond acceptors (Lipinski definition) is 1. The van der Waals surface area contributed by atoms with Crippen LogP contribution in [0.1, 0.15) is 17.2 Å². The van der Waals surface area contributed by atoms with Crippen LogP contribution in [0.3, 0.4) is 0 Å². The predicted octanol–water partition coefficient (Wildman–Crippen LogP) is 2.60. The first-order chi connectivity index (χ1) is 6.99. The van der Waals surface area contributed by atoms with E-state index in [4.69, 9.17) is 6.42 Å². The Hall–Kier alpha value is -1.47. The third-order valence-electron chi connectivity index (χ3n) is 2.00. The summed E-state index contributed by atoms with van der Waals surface area (Å²) in [5.41, 5.74) is -0.245. The van der Waals surface area contributed by atoms with Gasteiger partial charge in [0.05, 0.1) is 11.6 Å². The number of terminal acetylenes is 1. The summed E-state index contributed by atoms with van der Waals surface area (Å²) in [6.07, 6.45) is 0.850. The largest absolute Gasteiger partial charge is 0.416 e. The average molecular weight is 213 g/mol. The van der Waals surface area contributed by atoms with E-state index in [1.165, 1.54) is 6.07 Å². The number of alkyl halides is 3. The van der Waals surface area contributed by atoms with E-state index >= 15 is 0 Å². The van der Waals surface area contributed by atoms with Crippen molar-refractivity contribution in [2.24, 2.45) is 0 Å². The lowest BCUT2D eigenvalue weighted by Crippen LogP contribution is -2.15. The van der Waals surface area contributed by atoms with Crippen LogP contribution >= 0.6 is 0 Å². The molecule has 0 spiro atoms. The number of nitrogens with one attached hydrogen (secondary N) is 1. The Labute approximate surface area is 86.3 Å². The quantitative estimate of drug-likeness (QED) is 0.744. The molecule has 4 heteroatoms. The molecule has 1 rings (SSSR count). The van der Waals surface area contributed by atoms with Gasteiger partial charge in [-0.25, -0.2) is 0 Å². The van der Waals surface area contributed by atoms with Crippen LogP contribution in [0.2, 0.25) is 0 Å². The standard InChI is InChI=1S/C11H10F3N/c1-3-10(15-2)8-5-4-6-9(7-8)11(12,13)14/h1,4-7,10,15H,2H3. The monoisotopic (exact) mass is 213 g/mol. The van der Waals surface area contributed by atoms with E-state index in [9.17, 15) is 13.2 Å². The van der Waals surface area contributed by atoms with Gasteiger partial charge < -0.3 is 5.32 Å². The topological polar surface area (TPSA) is 12.0 Å². The summed E-state index contributed by atoms with van der Waals surface area (Å²) in [5, 5.41) is 2.74. The molecule has 0 heterocycles. The Balaban J connectivity index is 3.09. The van der Waals surface area contributed by atoms with E-state index in [-0.39, 0.29) is 0 Å². The Morgan fingerprint density at radius 1 is 1.40 bits per heavy atom. The second kappa shape index (κ2) is 4.37. The zero-order valence-corrected chi connectivity index (χ0v) is 8.10. The van der Waals surface area contributed by atoms with Crippen molar-refractivity contribution < 1.29 is 13.2 Å². The third kappa shape index (κ3) is 2.74. The number of rotatable bonds is 2. The SMILES string of the molecule is C#CC(NC)c1cccc(C(F)(F)F)c1. The van der Waals surface area contributed by atoms with Gasteiger partial charge in [-0.2, -0.15) is 13.2 Å². The zero-order chi connectivity index (χ0) is 11.5. The summed E-state index contributed by atoms with van der Waals surface area (Å²) in [4.78, 5) is 0. The van der Waals surface area contributed by atoms with E-state index in [1.54, 1.807) is 13.1 Å². The molecule has 1 aromatic rings. The van der Waals surface area contributed by atoms with E-state index in [0.29, 0.717) is 5.56 Å². The fraction of sp³-hybridized carbons (Fsp3) is 0.273. The minimum atomic E-state index is -4.33. The van der Waals surface area contributed by atoms with Gasteiger partial charge in [-0.3, -0.25) is 0 Å². The van der Waals surface area contributed by atoms with Gasteiger partial charge in [0.2, 0.25) is 0 Å². The minimum Gasteiger partial charge on any atom is -0.303 e. The van der Waals surface area contributed by atoms with Gasteiger partial charge in [-0.1, -0.05) is 18.1 Å². The predicted molar refractivity (Wildman–Crippen MR) is 52.1 cm³/mol. The van der Waals surface area contributed by atoms with Crippen molar-refractivity contribution in [3.63, 3.8) is 0 Å². The molecule has 0 radical (unpaired) electrons. The van der Waals surface area contributed by atoms with E-state index in [1.807, 2.05) is 0 Å². The van der Waals surface area contributed by atoms with Gasteiger partial charge in [0.15, 0.2) is 0 Å². The van der Waals surface area contributed by atoms with Gasteiger partial charge in [-0.15, -0.1) is 6.42 Å². The molecule has 0 saturated heterocycles. The van der Waals surface area contributed by atoms with Gasteiger partial charge in [0.1, 0.15) is 0 Å². The zero-order valence-electron chi connectivity index (χ0n) is 8.10. The van der Waals surface area contributed by atoms with Crippen molar-refractivity contribution in [2.45, 2.75) is 12.2 Å². The molecule has 0 fully saturated rings. The average Bonchev–Trinajstić information content (AvgIpc) is 2.19. The molecule has 80 valence electrons.